The Bertz CT molecular complexity index is 255. The van der Waals surface area contributed by atoms with Crippen LogP contribution in [0.1, 0.15) is 34.6 Å². The molecule has 1 rings (SSSR count). The van der Waals surface area contributed by atoms with Gasteiger partial charge in [-0.1, -0.05) is 27.7 Å². The van der Waals surface area contributed by atoms with E-state index in [1.807, 2.05) is 27.7 Å². The van der Waals surface area contributed by atoms with E-state index in [0.29, 0.717) is 11.4 Å². The molecule has 0 aliphatic rings. The highest BCUT2D eigenvalue weighted by Crippen LogP contribution is 2.12. The standard InChI is InChI=1S/C8H9NO2.2C2H6/c1-6(10)11-8-4-2-7(9)3-5-8;2*1-2/h2-5H,9H2,1H3;2*1-2H3. The van der Waals surface area contributed by atoms with Gasteiger partial charge in [0.05, 0.1) is 0 Å². The molecule has 1 aromatic rings. The van der Waals surface area contributed by atoms with E-state index in [2.05, 4.69) is 0 Å². The highest BCUT2D eigenvalue weighted by atomic mass is 16.5. The highest BCUT2D eigenvalue weighted by Gasteiger charge is 1.95. The number of carbonyl (C=O) groups is 1. The molecule has 0 atom stereocenters. The summed E-state index contributed by atoms with van der Waals surface area (Å²) >= 11 is 0. The van der Waals surface area contributed by atoms with E-state index in [4.69, 9.17) is 10.5 Å². The Labute approximate surface area is 92.2 Å². The Morgan fingerprint density at radius 1 is 1.07 bits per heavy atom. The first kappa shape index (κ1) is 15.9. The van der Waals surface area contributed by atoms with Gasteiger partial charge in [-0.2, -0.15) is 0 Å². The Balaban J connectivity index is 0. The van der Waals surface area contributed by atoms with Crippen LogP contribution in [0.3, 0.4) is 0 Å². The zero-order valence-corrected chi connectivity index (χ0v) is 10.2. The number of esters is 1. The molecule has 3 nitrogen and oxygen atoms in total. The first-order valence-corrected chi connectivity index (χ1v) is 5.22. The van der Waals surface area contributed by atoms with E-state index in [0.717, 1.165) is 0 Å². The molecule has 3 heteroatoms. The molecule has 0 unspecified atom stereocenters. The van der Waals surface area contributed by atoms with Crippen LogP contribution in [0.15, 0.2) is 24.3 Å². The second-order valence-electron chi connectivity index (χ2n) is 2.16. The Hall–Kier alpha value is -1.51. The van der Waals surface area contributed by atoms with Gasteiger partial charge in [0.1, 0.15) is 5.75 Å². The van der Waals surface area contributed by atoms with Crippen LogP contribution in [-0.2, 0) is 4.79 Å². The number of nitrogens with two attached hydrogens (primary N) is 1. The first-order valence-electron chi connectivity index (χ1n) is 5.22. The van der Waals surface area contributed by atoms with Gasteiger partial charge >= 0.3 is 5.97 Å². The van der Waals surface area contributed by atoms with Crippen LogP contribution in [0.2, 0.25) is 0 Å². The molecule has 0 fully saturated rings. The van der Waals surface area contributed by atoms with Crippen LogP contribution in [0.25, 0.3) is 0 Å². The van der Waals surface area contributed by atoms with Crippen molar-refractivity contribution in [2.75, 3.05) is 5.73 Å². The van der Waals surface area contributed by atoms with Crippen LogP contribution in [0.4, 0.5) is 5.69 Å². The minimum atomic E-state index is -0.324. The summed E-state index contributed by atoms with van der Waals surface area (Å²) in [6.45, 7) is 9.36. The molecule has 0 amide bonds. The fourth-order valence-corrected chi connectivity index (χ4v) is 0.702. The zero-order chi connectivity index (χ0) is 12.3. The number of hydrogen-bond donors (Lipinski definition) is 1. The van der Waals surface area contributed by atoms with Gasteiger partial charge in [-0.3, -0.25) is 4.79 Å². The molecule has 0 saturated carbocycles. The zero-order valence-electron chi connectivity index (χ0n) is 10.2. The van der Waals surface area contributed by atoms with Crippen LogP contribution in [0, 0.1) is 0 Å². The summed E-state index contributed by atoms with van der Waals surface area (Å²) in [5, 5.41) is 0. The van der Waals surface area contributed by atoms with Crippen molar-refractivity contribution < 1.29 is 9.53 Å². The van der Waals surface area contributed by atoms with Gasteiger partial charge < -0.3 is 10.5 Å². The maximum absolute atomic E-state index is 10.4. The smallest absolute Gasteiger partial charge is 0.308 e. The first-order chi connectivity index (χ1) is 7.18. The van der Waals surface area contributed by atoms with Crippen molar-refractivity contribution in [3.8, 4) is 5.75 Å². The Morgan fingerprint density at radius 3 is 1.80 bits per heavy atom. The van der Waals surface area contributed by atoms with Crippen molar-refractivity contribution in [1.82, 2.24) is 0 Å². The van der Waals surface area contributed by atoms with Gasteiger partial charge in [-0.05, 0) is 24.3 Å². The molecule has 0 radical (unpaired) electrons. The summed E-state index contributed by atoms with van der Waals surface area (Å²) in [6.07, 6.45) is 0. The molecule has 0 bridgehead atoms. The fraction of sp³-hybridized carbons (Fsp3) is 0.417. The molecule has 1 aromatic carbocycles. The Kier molecular flexibility index (Phi) is 11.2. The second-order valence-corrected chi connectivity index (χ2v) is 2.16. The summed E-state index contributed by atoms with van der Waals surface area (Å²) in [4.78, 5) is 10.4. The van der Waals surface area contributed by atoms with Crippen molar-refractivity contribution in [3.05, 3.63) is 24.3 Å². The molecule has 0 aliphatic heterocycles. The van der Waals surface area contributed by atoms with Crippen LogP contribution >= 0.6 is 0 Å². The lowest BCUT2D eigenvalue weighted by Gasteiger charge is -1.99. The number of rotatable bonds is 1. The van der Waals surface area contributed by atoms with Crippen molar-refractivity contribution in [2.45, 2.75) is 34.6 Å². The lowest BCUT2D eigenvalue weighted by molar-refractivity contribution is -0.131. The third kappa shape index (κ3) is 8.81. The molecule has 0 spiro atoms. The minimum Gasteiger partial charge on any atom is -0.427 e. The molecule has 0 aromatic heterocycles. The average molecular weight is 211 g/mol. The lowest BCUT2D eigenvalue weighted by Crippen LogP contribution is -2.00. The monoisotopic (exact) mass is 211 g/mol. The third-order valence-corrected chi connectivity index (χ3v) is 1.14. The fourth-order valence-electron chi connectivity index (χ4n) is 0.702. The van der Waals surface area contributed by atoms with Crippen LogP contribution in [-0.4, -0.2) is 5.97 Å². The van der Waals surface area contributed by atoms with Crippen molar-refractivity contribution in [1.29, 1.82) is 0 Å². The molecular formula is C12H21NO2. The largest absolute Gasteiger partial charge is 0.427 e. The van der Waals surface area contributed by atoms with Gasteiger partial charge in [0.15, 0.2) is 0 Å². The van der Waals surface area contributed by atoms with Crippen LogP contribution < -0.4 is 10.5 Å². The van der Waals surface area contributed by atoms with E-state index in [1.165, 1.54) is 6.92 Å². The van der Waals surface area contributed by atoms with Crippen LogP contribution in [0.5, 0.6) is 5.75 Å². The second kappa shape index (κ2) is 10.6. The summed E-state index contributed by atoms with van der Waals surface area (Å²) in [5.74, 6) is 0.196. The molecule has 2 N–H and O–H groups in total. The highest BCUT2D eigenvalue weighted by molar-refractivity contribution is 5.69. The number of benzene rings is 1. The van der Waals surface area contributed by atoms with E-state index in [-0.39, 0.29) is 5.97 Å². The maximum Gasteiger partial charge on any atom is 0.308 e. The Morgan fingerprint density at radius 2 is 1.47 bits per heavy atom. The molecule has 0 aliphatic carbocycles. The van der Waals surface area contributed by atoms with Gasteiger partial charge in [0.25, 0.3) is 0 Å². The quantitative estimate of drug-likeness (QED) is 0.440. The number of carbonyl (C=O) groups excluding carboxylic acids is 1. The van der Waals surface area contributed by atoms with Gasteiger partial charge in [0.2, 0.25) is 0 Å². The third-order valence-electron chi connectivity index (χ3n) is 1.14. The molecular weight excluding hydrogens is 190 g/mol. The summed E-state index contributed by atoms with van der Waals surface area (Å²) < 4.78 is 4.77. The van der Waals surface area contributed by atoms with Crippen molar-refractivity contribution >= 4 is 11.7 Å². The predicted molar refractivity (Wildman–Crippen MR) is 64.9 cm³/mol. The molecule has 86 valence electrons. The summed E-state index contributed by atoms with van der Waals surface area (Å²) in [7, 11) is 0. The number of anilines is 1. The number of hydrogen-bond acceptors (Lipinski definition) is 3. The van der Waals surface area contributed by atoms with E-state index < -0.39 is 0 Å². The van der Waals surface area contributed by atoms with Gasteiger partial charge in [-0.15, -0.1) is 0 Å². The maximum atomic E-state index is 10.4. The molecule has 15 heavy (non-hydrogen) atoms. The summed E-state index contributed by atoms with van der Waals surface area (Å²) in [5.41, 5.74) is 6.07. The van der Waals surface area contributed by atoms with Crippen molar-refractivity contribution in [3.63, 3.8) is 0 Å². The van der Waals surface area contributed by atoms with Gasteiger partial charge in [0, 0.05) is 12.6 Å². The van der Waals surface area contributed by atoms with Crippen molar-refractivity contribution in [2.24, 2.45) is 0 Å². The topological polar surface area (TPSA) is 52.3 Å². The number of ether oxygens (including phenoxy) is 1. The van der Waals surface area contributed by atoms with E-state index >= 15 is 0 Å². The predicted octanol–water partition coefficient (Wildman–Crippen LogP) is 3.25. The van der Waals surface area contributed by atoms with Gasteiger partial charge in [-0.25, -0.2) is 0 Å². The SMILES string of the molecule is CC.CC.CC(=O)Oc1ccc(N)cc1. The average Bonchev–Trinajstić information content (AvgIpc) is 2.27. The normalized spacial score (nSPS) is 7.53. The molecule has 0 heterocycles. The minimum absolute atomic E-state index is 0.324. The number of nitrogen functional groups attached to an aromatic ring is 1. The van der Waals surface area contributed by atoms with E-state index in [1.54, 1.807) is 24.3 Å². The summed E-state index contributed by atoms with van der Waals surface area (Å²) in [6, 6.07) is 6.66. The molecule has 0 saturated heterocycles. The van der Waals surface area contributed by atoms with E-state index in [9.17, 15) is 4.79 Å². The lowest BCUT2D eigenvalue weighted by atomic mass is 10.3.